The van der Waals surface area contributed by atoms with Gasteiger partial charge in [0, 0.05) is 42.8 Å². The van der Waals surface area contributed by atoms with Gasteiger partial charge in [-0.1, -0.05) is 23.7 Å². The molecule has 0 spiro atoms. The predicted octanol–water partition coefficient (Wildman–Crippen LogP) is 1.93. The fourth-order valence-electron chi connectivity index (χ4n) is 3.68. The lowest BCUT2D eigenvalue weighted by Crippen LogP contribution is -2.48. The number of carbonyl (C=O) groups is 1. The molecule has 1 amide bonds. The molecule has 2 atom stereocenters. The minimum Gasteiger partial charge on any atom is -0.328 e. The van der Waals surface area contributed by atoms with Gasteiger partial charge in [0.1, 0.15) is 5.69 Å². The van der Waals surface area contributed by atoms with Crippen LogP contribution in [0.25, 0.3) is 0 Å². The van der Waals surface area contributed by atoms with Crippen LogP contribution in [0.2, 0.25) is 5.02 Å². The van der Waals surface area contributed by atoms with Crippen molar-refractivity contribution in [2.75, 3.05) is 32.7 Å². The number of carbonyl (C=O) groups excluding carboxylic acids is 1. The first kappa shape index (κ1) is 16.6. The summed E-state index contributed by atoms with van der Waals surface area (Å²) in [7, 11) is 0. The van der Waals surface area contributed by atoms with Gasteiger partial charge in [0.15, 0.2) is 0 Å². The van der Waals surface area contributed by atoms with E-state index >= 15 is 0 Å². The number of halogens is 1. The molecular weight excluding hydrogens is 338 g/mol. The number of aromatic nitrogens is 2. The summed E-state index contributed by atoms with van der Waals surface area (Å²) in [5.41, 5.74) is 2.59. The van der Waals surface area contributed by atoms with Crippen LogP contribution in [0.15, 0.2) is 30.3 Å². The molecule has 2 fully saturated rings. The molecule has 1 aromatic heterocycles. The summed E-state index contributed by atoms with van der Waals surface area (Å²) in [5, 5.41) is 14.7. The first-order chi connectivity index (χ1) is 12.2. The zero-order chi connectivity index (χ0) is 17.2. The maximum absolute atomic E-state index is 13.1. The van der Waals surface area contributed by atoms with E-state index in [4.69, 9.17) is 11.6 Å². The third-order valence-electron chi connectivity index (χ3n) is 5.05. The van der Waals surface area contributed by atoms with Crippen LogP contribution < -0.4 is 10.6 Å². The molecule has 25 heavy (non-hydrogen) atoms. The smallest absolute Gasteiger partial charge is 0.274 e. The van der Waals surface area contributed by atoms with Gasteiger partial charge >= 0.3 is 0 Å². The Morgan fingerprint density at radius 1 is 1.20 bits per heavy atom. The second-order valence-corrected chi connectivity index (χ2v) is 7.11. The fraction of sp³-hybridized carbons (Fsp3) is 0.444. The second kappa shape index (κ2) is 7.15. The van der Waals surface area contributed by atoms with Crippen molar-refractivity contribution in [3.05, 3.63) is 52.3 Å². The molecule has 7 heteroatoms. The van der Waals surface area contributed by atoms with E-state index in [0.717, 1.165) is 43.9 Å². The fourth-order valence-corrected chi connectivity index (χ4v) is 3.88. The Kier molecular flexibility index (Phi) is 4.74. The van der Waals surface area contributed by atoms with Crippen LogP contribution in [0.5, 0.6) is 0 Å². The monoisotopic (exact) mass is 359 g/mol. The minimum absolute atomic E-state index is 0.0278. The molecule has 6 nitrogen and oxygen atoms in total. The normalized spacial score (nSPS) is 23.8. The molecule has 3 heterocycles. The van der Waals surface area contributed by atoms with Gasteiger partial charge in [-0.3, -0.25) is 9.89 Å². The highest BCUT2D eigenvalue weighted by molar-refractivity contribution is 6.30. The van der Waals surface area contributed by atoms with E-state index in [1.807, 2.05) is 35.2 Å². The van der Waals surface area contributed by atoms with Crippen molar-refractivity contribution < 1.29 is 4.79 Å². The largest absolute Gasteiger partial charge is 0.328 e. The molecule has 2 saturated heterocycles. The number of H-pyrrole nitrogens is 1. The van der Waals surface area contributed by atoms with Crippen molar-refractivity contribution in [3.63, 3.8) is 0 Å². The number of rotatable bonds is 3. The van der Waals surface area contributed by atoms with Crippen molar-refractivity contribution in [2.45, 2.75) is 18.4 Å². The summed E-state index contributed by atoms with van der Waals surface area (Å²) in [6.07, 6.45) is 1.08. The van der Waals surface area contributed by atoms with Gasteiger partial charge in [0.25, 0.3) is 5.91 Å². The lowest BCUT2D eigenvalue weighted by Gasteiger charge is -2.36. The third-order valence-corrected chi connectivity index (χ3v) is 5.29. The Balaban J connectivity index is 1.56. The van der Waals surface area contributed by atoms with Crippen molar-refractivity contribution in [2.24, 2.45) is 0 Å². The number of hydrogen-bond acceptors (Lipinski definition) is 4. The lowest BCUT2D eigenvalue weighted by atomic mass is 10.0. The van der Waals surface area contributed by atoms with Crippen LogP contribution in [0.1, 0.15) is 40.1 Å². The van der Waals surface area contributed by atoms with Gasteiger partial charge in [-0.2, -0.15) is 5.10 Å². The summed E-state index contributed by atoms with van der Waals surface area (Å²) in [6, 6.07) is 9.60. The maximum Gasteiger partial charge on any atom is 0.274 e. The quantitative estimate of drug-likeness (QED) is 0.783. The summed E-state index contributed by atoms with van der Waals surface area (Å²) < 4.78 is 0. The molecule has 3 N–H and O–H groups in total. The van der Waals surface area contributed by atoms with Gasteiger partial charge < -0.3 is 15.5 Å². The molecule has 0 aliphatic carbocycles. The lowest BCUT2D eigenvalue weighted by molar-refractivity contribution is 0.0628. The van der Waals surface area contributed by atoms with E-state index < -0.39 is 0 Å². The first-order valence-electron chi connectivity index (χ1n) is 8.75. The number of nitrogens with zero attached hydrogens (tertiary/aromatic N) is 2. The van der Waals surface area contributed by atoms with E-state index in [2.05, 4.69) is 20.8 Å². The standard InChI is InChI=1S/C18H22ClN5O/c19-14-3-1-2-12(8-14)17-11-21-6-7-24(17)18(25)16-9-15(22-23-16)13-4-5-20-10-13/h1-3,8-9,13,17,20-21H,4-7,10-11H2,(H,22,23). The topological polar surface area (TPSA) is 73.0 Å². The average molecular weight is 360 g/mol. The molecule has 0 bridgehead atoms. The number of aromatic amines is 1. The number of piperazine rings is 1. The number of amides is 1. The number of hydrogen-bond donors (Lipinski definition) is 3. The average Bonchev–Trinajstić information content (AvgIpc) is 3.32. The SMILES string of the molecule is O=C(c1cc(C2CCNC2)[nH]n1)N1CCNCC1c1cccc(Cl)c1. The minimum atomic E-state index is -0.0340. The van der Waals surface area contributed by atoms with Crippen LogP contribution >= 0.6 is 11.6 Å². The highest BCUT2D eigenvalue weighted by atomic mass is 35.5. The molecule has 2 aromatic rings. The van der Waals surface area contributed by atoms with Gasteiger partial charge in [0.2, 0.25) is 0 Å². The molecule has 0 saturated carbocycles. The highest BCUT2D eigenvalue weighted by Gasteiger charge is 2.30. The number of nitrogens with one attached hydrogen (secondary N) is 3. The summed E-state index contributed by atoms with van der Waals surface area (Å²) in [6.45, 7) is 4.11. The van der Waals surface area contributed by atoms with Crippen molar-refractivity contribution >= 4 is 17.5 Å². The molecular formula is C18H22ClN5O. The van der Waals surface area contributed by atoms with Crippen LogP contribution in [0.4, 0.5) is 0 Å². The van der Waals surface area contributed by atoms with Crippen molar-refractivity contribution in [3.8, 4) is 0 Å². The predicted molar refractivity (Wildman–Crippen MR) is 96.9 cm³/mol. The van der Waals surface area contributed by atoms with Gasteiger partial charge in [-0.05, 0) is 36.7 Å². The van der Waals surface area contributed by atoms with Gasteiger partial charge in [-0.15, -0.1) is 0 Å². The zero-order valence-corrected chi connectivity index (χ0v) is 14.7. The second-order valence-electron chi connectivity index (χ2n) is 6.67. The van der Waals surface area contributed by atoms with E-state index in [-0.39, 0.29) is 11.9 Å². The van der Waals surface area contributed by atoms with E-state index in [0.29, 0.717) is 23.2 Å². The van der Waals surface area contributed by atoms with E-state index in [1.54, 1.807) is 0 Å². The van der Waals surface area contributed by atoms with Gasteiger partial charge in [0.05, 0.1) is 6.04 Å². The summed E-state index contributed by atoms with van der Waals surface area (Å²) >= 11 is 6.14. The molecule has 4 rings (SSSR count). The Labute approximate surface area is 151 Å². The Morgan fingerprint density at radius 3 is 2.88 bits per heavy atom. The Morgan fingerprint density at radius 2 is 2.08 bits per heavy atom. The Bertz CT molecular complexity index is 755. The molecule has 132 valence electrons. The van der Waals surface area contributed by atoms with Gasteiger partial charge in [-0.25, -0.2) is 0 Å². The van der Waals surface area contributed by atoms with Crippen molar-refractivity contribution in [1.82, 2.24) is 25.7 Å². The van der Waals surface area contributed by atoms with Crippen molar-refractivity contribution in [1.29, 1.82) is 0 Å². The summed E-state index contributed by atoms with van der Waals surface area (Å²) in [4.78, 5) is 15.0. The molecule has 1 aromatic carbocycles. The number of benzene rings is 1. The molecule has 2 aliphatic rings. The molecule has 0 radical (unpaired) electrons. The third kappa shape index (κ3) is 3.42. The highest BCUT2D eigenvalue weighted by Crippen LogP contribution is 2.27. The van der Waals surface area contributed by atoms with E-state index in [9.17, 15) is 4.79 Å². The molecule has 2 unspecified atom stereocenters. The summed E-state index contributed by atoms with van der Waals surface area (Å²) in [5.74, 6) is 0.390. The van der Waals surface area contributed by atoms with E-state index in [1.165, 1.54) is 0 Å². The van der Waals surface area contributed by atoms with Crippen LogP contribution in [-0.4, -0.2) is 53.7 Å². The zero-order valence-electron chi connectivity index (χ0n) is 14.0. The first-order valence-corrected chi connectivity index (χ1v) is 9.13. The maximum atomic E-state index is 13.1. The van der Waals surface area contributed by atoms with Crippen LogP contribution in [-0.2, 0) is 0 Å². The van der Waals surface area contributed by atoms with Crippen LogP contribution in [0.3, 0.4) is 0 Å². The Hall–Kier alpha value is -1.89. The molecule has 2 aliphatic heterocycles. The van der Waals surface area contributed by atoms with Crippen LogP contribution in [0, 0.1) is 0 Å².